The molecule has 2 unspecified atom stereocenters. The Balaban J connectivity index is 2.07. The lowest BCUT2D eigenvalue weighted by Crippen LogP contribution is -2.52. The van der Waals surface area contributed by atoms with Gasteiger partial charge in [-0.3, -0.25) is 9.69 Å². The van der Waals surface area contributed by atoms with Gasteiger partial charge in [0, 0.05) is 10.9 Å². The van der Waals surface area contributed by atoms with E-state index in [0.29, 0.717) is 17.9 Å². The highest BCUT2D eigenvalue weighted by Crippen LogP contribution is 2.39. The lowest BCUT2D eigenvalue weighted by Gasteiger charge is -2.37. The topological polar surface area (TPSA) is 68.7 Å². The largest absolute Gasteiger partial charge is 0.479 e. The summed E-state index contributed by atoms with van der Waals surface area (Å²) in [4.78, 5) is 31.3. The van der Waals surface area contributed by atoms with Crippen LogP contribution < -0.4 is 9.64 Å². The number of nitrogens with zero attached hydrogens (tertiary/aromatic N) is 2. The first-order chi connectivity index (χ1) is 12.5. The molecule has 1 aromatic heterocycles. The van der Waals surface area contributed by atoms with Crippen molar-refractivity contribution >= 4 is 28.9 Å². The third kappa shape index (κ3) is 3.31. The van der Waals surface area contributed by atoms with Gasteiger partial charge in [0.25, 0.3) is 5.91 Å². The van der Waals surface area contributed by atoms with Gasteiger partial charge >= 0.3 is 5.97 Å². The van der Waals surface area contributed by atoms with Gasteiger partial charge < -0.3 is 9.47 Å². The fraction of sp³-hybridized carbons (Fsp3) is 0.421. The second-order valence-electron chi connectivity index (χ2n) is 6.08. The molecular formula is C19H22N2O4S. The zero-order valence-corrected chi connectivity index (χ0v) is 16.1. The van der Waals surface area contributed by atoms with Crippen LogP contribution in [0.15, 0.2) is 23.6 Å². The molecule has 1 aromatic carbocycles. The van der Waals surface area contributed by atoms with Crippen LogP contribution in [-0.4, -0.2) is 35.6 Å². The van der Waals surface area contributed by atoms with E-state index in [4.69, 9.17) is 9.47 Å². The number of aromatic nitrogens is 1. The Morgan fingerprint density at radius 1 is 1.42 bits per heavy atom. The third-order valence-electron chi connectivity index (χ3n) is 4.28. The van der Waals surface area contributed by atoms with Gasteiger partial charge in [-0.05, 0) is 45.4 Å². The molecule has 2 atom stereocenters. The zero-order chi connectivity index (χ0) is 18.8. The highest BCUT2D eigenvalue weighted by Gasteiger charge is 2.39. The molecular weight excluding hydrogens is 352 g/mol. The van der Waals surface area contributed by atoms with E-state index in [0.717, 1.165) is 16.3 Å². The number of hydrogen-bond donors (Lipinski definition) is 0. The van der Waals surface area contributed by atoms with E-state index in [1.54, 1.807) is 25.2 Å². The predicted octanol–water partition coefficient (Wildman–Crippen LogP) is 3.57. The molecule has 0 aliphatic carbocycles. The van der Waals surface area contributed by atoms with Crippen molar-refractivity contribution in [1.29, 1.82) is 0 Å². The molecule has 0 N–H and O–H groups in total. The Hall–Kier alpha value is -2.41. The number of anilines is 1. The number of carbonyl (C=O) groups excluding carboxylic acids is 2. The second-order valence-corrected chi connectivity index (χ2v) is 7.14. The van der Waals surface area contributed by atoms with Crippen molar-refractivity contribution in [2.75, 3.05) is 11.5 Å². The van der Waals surface area contributed by atoms with Crippen molar-refractivity contribution in [2.45, 2.75) is 46.3 Å². The van der Waals surface area contributed by atoms with Crippen LogP contribution in [0.1, 0.15) is 32.2 Å². The maximum Gasteiger partial charge on any atom is 0.329 e. The van der Waals surface area contributed by atoms with Gasteiger partial charge in [-0.1, -0.05) is 6.92 Å². The molecule has 3 rings (SSSR count). The summed E-state index contributed by atoms with van der Waals surface area (Å²) >= 11 is 1.56. The van der Waals surface area contributed by atoms with Crippen molar-refractivity contribution in [3.63, 3.8) is 0 Å². The molecule has 1 aliphatic rings. The summed E-state index contributed by atoms with van der Waals surface area (Å²) in [5.41, 5.74) is 2.30. The van der Waals surface area contributed by atoms with E-state index in [1.807, 2.05) is 37.4 Å². The summed E-state index contributed by atoms with van der Waals surface area (Å²) in [6.45, 7) is 7.52. The third-order valence-corrected chi connectivity index (χ3v) is 5.05. The van der Waals surface area contributed by atoms with E-state index in [-0.39, 0.29) is 12.5 Å². The van der Waals surface area contributed by atoms with Crippen LogP contribution in [0.25, 0.3) is 11.3 Å². The van der Waals surface area contributed by atoms with Crippen LogP contribution in [0.4, 0.5) is 5.69 Å². The monoisotopic (exact) mass is 374 g/mol. The summed E-state index contributed by atoms with van der Waals surface area (Å²) in [5.74, 6) is -0.0714. The molecule has 0 radical (unpaired) electrons. The van der Waals surface area contributed by atoms with Crippen LogP contribution in [0.2, 0.25) is 0 Å². The van der Waals surface area contributed by atoms with Gasteiger partial charge in [0.15, 0.2) is 6.10 Å². The molecule has 26 heavy (non-hydrogen) atoms. The Morgan fingerprint density at radius 3 is 2.81 bits per heavy atom. The number of thiazole rings is 1. The standard InChI is InChI=1S/C19H22N2O4S/c1-5-15(19(23)24-6-2)21-16-9-13(14-10-26-12(4)20-14)7-8-17(16)25-11(3)18(21)22/h7-11,15H,5-6H2,1-4H3. The molecule has 0 fully saturated rings. The predicted molar refractivity (Wildman–Crippen MR) is 101 cm³/mol. The summed E-state index contributed by atoms with van der Waals surface area (Å²) in [5, 5.41) is 2.94. The lowest BCUT2D eigenvalue weighted by atomic mass is 10.0. The van der Waals surface area contributed by atoms with Crippen LogP contribution in [0, 0.1) is 6.92 Å². The number of fused-ring (bicyclic) bond motifs is 1. The maximum absolute atomic E-state index is 12.8. The zero-order valence-electron chi connectivity index (χ0n) is 15.3. The van der Waals surface area contributed by atoms with Gasteiger partial charge in [0.2, 0.25) is 0 Å². The number of benzene rings is 1. The minimum atomic E-state index is -0.681. The minimum absolute atomic E-state index is 0.246. The smallest absolute Gasteiger partial charge is 0.329 e. The van der Waals surface area contributed by atoms with E-state index in [2.05, 4.69) is 4.98 Å². The molecule has 1 amide bonds. The summed E-state index contributed by atoms with van der Waals surface area (Å²) < 4.78 is 10.9. The molecule has 7 heteroatoms. The van der Waals surface area contributed by atoms with E-state index in [9.17, 15) is 9.59 Å². The number of ether oxygens (including phenoxy) is 2. The number of amides is 1. The fourth-order valence-corrected chi connectivity index (χ4v) is 3.65. The average molecular weight is 374 g/mol. The summed E-state index contributed by atoms with van der Waals surface area (Å²) in [6.07, 6.45) is -0.199. The minimum Gasteiger partial charge on any atom is -0.479 e. The lowest BCUT2D eigenvalue weighted by molar-refractivity contribution is -0.146. The van der Waals surface area contributed by atoms with Gasteiger partial charge in [-0.15, -0.1) is 11.3 Å². The molecule has 0 saturated carbocycles. The van der Waals surface area contributed by atoms with Crippen LogP contribution in [0.5, 0.6) is 5.75 Å². The van der Waals surface area contributed by atoms with E-state index < -0.39 is 18.1 Å². The number of hydrogen-bond acceptors (Lipinski definition) is 6. The average Bonchev–Trinajstić information content (AvgIpc) is 3.05. The van der Waals surface area contributed by atoms with E-state index >= 15 is 0 Å². The molecule has 6 nitrogen and oxygen atoms in total. The SMILES string of the molecule is CCOC(=O)C(CC)N1C(=O)C(C)Oc2ccc(-c3csc(C)n3)cc21. The highest BCUT2D eigenvalue weighted by molar-refractivity contribution is 7.09. The van der Waals surface area contributed by atoms with Crippen LogP contribution >= 0.6 is 11.3 Å². The van der Waals surface area contributed by atoms with Gasteiger partial charge in [-0.2, -0.15) is 0 Å². The Bertz CT molecular complexity index is 833. The molecule has 0 saturated heterocycles. The number of esters is 1. The summed E-state index contributed by atoms with van der Waals surface area (Å²) in [6, 6.07) is 4.92. The first kappa shape index (κ1) is 18.4. The van der Waals surface area contributed by atoms with E-state index in [1.165, 1.54) is 4.90 Å². The molecule has 1 aliphatic heterocycles. The van der Waals surface area contributed by atoms with Gasteiger partial charge in [0.1, 0.15) is 11.8 Å². The van der Waals surface area contributed by atoms with Crippen molar-refractivity contribution in [1.82, 2.24) is 4.98 Å². The van der Waals surface area contributed by atoms with Crippen LogP contribution in [-0.2, 0) is 14.3 Å². The van der Waals surface area contributed by atoms with Gasteiger partial charge in [0.05, 0.1) is 23.0 Å². The Morgan fingerprint density at radius 2 is 2.19 bits per heavy atom. The maximum atomic E-state index is 12.8. The molecule has 0 bridgehead atoms. The van der Waals surface area contributed by atoms with Crippen molar-refractivity contribution in [3.05, 3.63) is 28.6 Å². The van der Waals surface area contributed by atoms with Gasteiger partial charge in [-0.25, -0.2) is 9.78 Å². The van der Waals surface area contributed by atoms with Crippen molar-refractivity contribution in [2.24, 2.45) is 0 Å². The molecule has 2 aromatic rings. The summed E-state index contributed by atoms with van der Waals surface area (Å²) in [7, 11) is 0. The number of rotatable bonds is 5. The Kier molecular flexibility index (Phi) is 5.27. The number of carbonyl (C=O) groups is 2. The molecule has 2 heterocycles. The van der Waals surface area contributed by atoms with Crippen LogP contribution in [0.3, 0.4) is 0 Å². The quantitative estimate of drug-likeness (QED) is 0.749. The first-order valence-electron chi connectivity index (χ1n) is 8.69. The second kappa shape index (κ2) is 7.45. The first-order valence-corrected chi connectivity index (χ1v) is 9.57. The fourth-order valence-electron chi connectivity index (χ4n) is 3.03. The van der Waals surface area contributed by atoms with Crippen molar-refractivity contribution in [3.8, 4) is 17.0 Å². The van der Waals surface area contributed by atoms with Crippen molar-refractivity contribution < 1.29 is 19.1 Å². The molecule has 0 spiro atoms. The Labute approximate surface area is 156 Å². The highest BCUT2D eigenvalue weighted by atomic mass is 32.1. The normalized spacial score (nSPS) is 17.5. The number of aryl methyl sites for hydroxylation is 1. The molecule has 138 valence electrons.